The summed E-state index contributed by atoms with van der Waals surface area (Å²) in [6.45, 7) is 0. The van der Waals surface area contributed by atoms with Crippen LogP contribution in [0.15, 0.2) is 59.2 Å². The van der Waals surface area contributed by atoms with Crippen molar-refractivity contribution in [2.24, 2.45) is 5.73 Å². The fourth-order valence-electron chi connectivity index (χ4n) is 2.48. The van der Waals surface area contributed by atoms with Crippen LogP contribution >= 0.6 is 15.9 Å². The lowest BCUT2D eigenvalue weighted by atomic mass is 9.97. The molecule has 0 bridgehead atoms. The molecule has 0 saturated heterocycles. The standard InChI is InChI=1S/C17H14BrFN2/c18-15-6-5-12(19)10-14(15)16(20)9-11-7-8-21-17-4-2-1-3-13(11)17/h1-8,10,16H,9,20H2. The fraction of sp³-hybridized carbons (Fsp3) is 0.118. The largest absolute Gasteiger partial charge is 0.324 e. The first-order valence-electron chi connectivity index (χ1n) is 6.68. The summed E-state index contributed by atoms with van der Waals surface area (Å²) in [5, 5.41) is 1.09. The normalized spacial score (nSPS) is 12.5. The Bertz CT molecular complexity index is 783. The third kappa shape index (κ3) is 2.96. The minimum atomic E-state index is -0.277. The molecule has 1 unspecified atom stereocenters. The third-order valence-electron chi connectivity index (χ3n) is 3.54. The smallest absolute Gasteiger partial charge is 0.123 e. The summed E-state index contributed by atoms with van der Waals surface area (Å²) >= 11 is 3.44. The zero-order valence-electron chi connectivity index (χ0n) is 11.3. The second kappa shape index (κ2) is 5.92. The van der Waals surface area contributed by atoms with E-state index in [9.17, 15) is 4.39 Å². The van der Waals surface area contributed by atoms with E-state index in [4.69, 9.17) is 5.73 Å². The molecule has 0 spiro atoms. The van der Waals surface area contributed by atoms with Crippen molar-refractivity contribution in [1.29, 1.82) is 0 Å². The number of para-hydroxylation sites is 1. The van der Waals surface area contributed by atoms with Crippen molar-refractivity contribution in [2.75, 3.05) is 0 Å². The van der Waals surface area contributed by atoms with Crippen molar-refractivity contribution < 1.29 is 4.39 Å². The van der Waals surface area contributed by atoms with Crippen LogP contribution in [0, 0.1) is 5.82 Å². The van der Waals surface area contributed by atoms with Gasteiger partial charge in [0.15, 0.2) is 0 Å². The molecule has 0 radical (unpaired) electrons. The highest BCUT2D eigenvalue weighted by Crippen LogP contribution is 2.27. The molecule has 3 aromatic rings. The van der Waals surface area contributed by atoms with Gasteiger partial charge in [0.2, 0.25) is 0 Å². The monoisotopic (exact) mass is 344 g/mol. The number of hydrogen-bond donors (Lipinski definition) is 1. The number of aromatic nitrogens is 1. The van der Waals surface area contributed by atoms with Gasteiger partial charge in [-0.15, -0.1) is 0 Å². The Kier molecular flexibility index (Phi) is 3.99. The molecule has 1 atom stereocenters. The van der Waals surface area contributed by atoms with Crippen molar-refractivity contribution in [1.82, 2.24) is 4.98 Å². The maximum atomic E-state index is 13.4. The van der Waals surface area contributed by atoms with Crippen LogP contribution in [0.4, 0.5) is 4.39 Å². The Morgan fingerprint density at radius 2 is 1.95 bits per heavy atom. The van der Waals surface area contributed by atoms with Gasteiger partial charge in [0.25, 0.3) is 0 Å². The zero-order chi connectivity index (χ0) is 14.8. The van der Waals surface area contributed by atoms with E-state index in [1.807, 2.05) is 30.3 Å². The molecule has 2 aromatic carbocycles. The summed E-state index contributed by atoms with van der Waals surface area (Å²) in [4.78, 5) is 4.34. The van der Waals surface area contributed by atoms with E-state index in [1.165, 1.54) is 12.1 Å². The predicted octanol–water partition coefficient (Wildman–Crippen LogP) is 4.38. The molecular weight excluding hydrogens is 331 g/mol. The van der Waals surface area contributed by atoms with Crippen molar-refractivity contribution in [2.45, 2.75) is 12.5 Å². The molecule has 1 aromatic heterocycles. The number of halogens is 2. The van der Waals surface area contributed by atoms with Gasteiger partial charge in [-0.3, -0.25) is 4.98 Å². The first kappa shape index (κ1) is 14.2. The molecule has 0 aliphatic carbocycles. The molecule has 0 aliphatic heterocycles. The minimum absolute atomic E-state index is 0.275. The molecule has 0 saturated carbocycles. The number of fused-ring (bicyclic) bond motifs is 1. The number of nitrogens with zero attached hydrogens (tertiary/aromatic N) is 1. The lowest BCUT2D eigenvalue weighted by Crippen LogP contribution is -2.14. The number of pyridine rings is 1. The molecule has 106 valence electrons. The van der Waals surface area contributed by atoms with Crippen molar-refractivity contribution in [3.05, 3.63) is 76.1 Å². The van der Waals surface area contributed by atoms with Crippen LogP contribution in [0.2, 0.25) is 0 Å². The van der Waals surface area contributed by atoms with E-state index in [0.29, 0.717) is 6.42 Å². The number of nitrogens with two attached hydrogens (primary N) is 1. The van der Waals surface area contributed by atoms with Crippen LogP contribution in [0.5, 0.6) is 0 Å². The quantitative estimate of drug-likeness (QED) is 0.765. The number of hydrogen-bond acceptors (Lipinski definition) is 2. The highest BCUT2D eigenvalue weighted by atomic mass is 79.9. The molecule has 2 nitrogen and oxygen atoms in total. The van der Waals surface area contributed by atoms with Crippen LogP contribution in [-0.2, 0) is 6.42 Å². The Morgan fingerprint density at radius 3 is 2.81 bits per heavy atom. The summed E-state index contributed by atoms with van der Waals surface area (Å²) in [6, 6.07) is 14.2. The van der Waals surface area contributed by atoms with Crippen molar-refractivity contribution in [3.63, 3.8) is 0 Å². The van der Waals surface area contributed by atoms with Crippen LogP contribution in [0.1, 0.15) is 17.2 Å². The Hall–Kier alpha value is -1.78. The second-order valence-electron chi connectivity index (χ2n) is 4.96. The van der Waals surface area contributed by atoms with Crippen molar-refractivity contribution >= 4 is 26.8 Å². The number of rotatable bonds is 3. The highest BCUT2D eigenvalue weighted by molar-refractivity contribution is 9.10. The van der Waals surface area contributed by atoms with Gasteiger partial charge in [-0.25, -0.2) is 4.39 Å². The molecular formula is C17H14BrFN2. The van der Waals surface area contributed by atoms with E-state index in [2.05, 4.69) is 20.9 Å². The first-order chi connectivity index (χ1) is 10.1. The minimum Gasteiger partial charge on any atom is -0.324 e. The third-order valence-corrected chi connectivity index (χ3v) is 4.26. The molecule has 0 fully saturated rings. The molecule has 21 heavy (non-hydrogen) atoms. The molecule has 4 heteroatoms. The van der Waals surface area contributed by atoms with Crippen LogP contribution in [0.25, 0.3) is 10.9 Å². The van der Waals surface area contributed by atoms with E-state index in [-0.39, 0.29) is 11.9 Å². The number of benzene rings is 2. The average molecular weight is 345 g/mol. The van der Waals surface area contributed by atoms with E-state index >= 15 is 0 Å². The van der Waals surface area contributed by atoms with Crippen LogP contribution in [-0.4, -0.2) is 4.98 Å². The van der Waals surface area contributed by atoms with E-state index in [1.54, 1.807) is 12.3 Å². The summed E-state index contributed by atoms with van der Waals surface area (Å²) in [5.74, 6) is -0.275. The van der Waals surface area contributed by atoms with E-state index < -0.39 is 0 Å². The summed E-state index contributed by atoms with van der Waals surface area (Å²) in [7, 11) is 0. The lowest BCUT2D eigenvalue weighted by molar-refractivity contribution is 0.618. The van der Waals surface area contributed by atoms with Gasteiger partial charge in [0, 0.05) is 22.1 Å². The Morgan fingerprint density at radius 1 is 1.14 bits per heavy atom. The van der Waals surface area contributed by atoms with E-state index in [0.717, 1.165) is 26.5 Å². The molecule has 2 N–H and O–H groups in total. The van der Waals surface area contributed by atoms with Gasteiger partial charge < -0.3 is 5.73 Å². The summed E-state index contributed by atoms with van der Waals surface area (Å²) < 4.78 is 14.2. The average Bonchev–Trinajstić information content (AvgIpc) is 2.50. The Labute approximate surface area is 130 Å². The predicted molar refractivity (Wildman–Crippen MR) is 86.5 cm³/mol. The van der Waals surface area contributed by atoms with Gasteiger partial charge in [0.05, 0.1) is 5.52 Å². The van der Waals surface area contributed by atoms with Gasteiger partial charge in [-0.2, -0.15) is 0 Å². The zero-order valence-corrected chi connectivity index (χ0v) is 12.8. The second-order valence-corrected chi connectivity index (χ2v) is 5.82. The fourth-order valence-corrected chi connectivity index (χ4v) is 3.02. The van der Waals surface area contributed by atoms with Gasteiger partial charge in [-0.1, -0.05) is 34.1 Å². The van der Waals surface area contributed by atoms with Gasteiger partial charge >= 0.3 is 0 Å². The first-order valence-corrected chi connectivity index (χ1v) is 7.47. The molecule has 0 aliphatic rings. The summed E-state index contributed by atoms with van der Waals surface area (Å²) in [5.41, 5.74) is 9.10. The summed E-state index contributed by atoms with van der Waals surface area (Å²) in [6.07, 6.45) is 2.41. The van der Waals surface area contributed by atoms with Crippen molar-refractivity contribution in [3.8, 4) is 0 Å². The Balaban J connectivity index is 1.96. The maximum Gasteiger partial charge on any atom is 0.123 e. The highest BCUT2D eigenvalue weighted by Gasteiger charge is 2.13. The van der Waals surface area contributed by atoms with Gasteiger partial charge in [-0.05, 0) is 47.9 Å². The van der Waals surface area contributed by atoms with Crippen LogP contribution in [0.3, 0.4) is 0 Å². The lowest BCUT2D eigenvalue weighted by Gasteiger charge is -2.15. The molecule has 1 heterocycles. The molecule has 0 amide bonds. The van der Waals surface area contributed by atoms with Gasteiger partial charge in [0.1, 0.15) is 5.82 Å². The topological polar surface area (TPSA) is 38.9 Å². The maximum absolute atomic E-state index is 13.4. The van der Waals surface area contributed by atoms with Crippen LogP contribution < -0.4 is 5.73 Å². The SMILES string of the molecule is NC(Cc1ccnc2ccccc12)c1cc(F)ccc1Br. The molecule has 3 rings (SSSR count).